The van der Waals surface area contributed by atoms with Gasteiger partial charge in [0.1, 0.15) is 0 Å². The van der Waals surface area contributed by atoms with Crippen LogP contribution in [0.2, 0.25) is 0 Å². The average molecular weight is 740 g/mol. The van der Waals surface area contributed by atoms with Crippen LogP contribution in [0, 0.1) is 11.8 Å². The van der Waals surface area contributed by atoms with E-state index in [-0.39, 0.29) is 5.41 Å². The summed E-state index contributed by atoms with van der Waals surface area (Å²) >= 11 is 0. The largest absolute Gasteiger partial charge is 0.310 e. The van der Waals surface area contributed by atoms with Crippen molar-refractivity contribution in [3.05, 3.63) is 174 Å². The normalized spacial score (nSPS) is 20.8. The Kier molecular flexibility index (Phi) is 8.50. The van der Waals surface area contributed by atoms with E-state index in [0.29, 0.717) is 5.92 Å². The third kappa shape index (κ3) is 6.05. The molecule has 1 nitrogen and oxygen atoms in total. The molecule has 3 unspecified atom stereocenters. The van der Waals surface area contributed by atoms with Gasteiger partial charge in [0.15, 0.2) is 0 Å². The molecule has 0 N–H and O–H groups in total. The lowest BCUT2D eigenvalue weighted by atomic mass is 9.81. The molecule has 0 aliphatic heterocycles. The van der Waals surface area contributed by atoms with Crippen LogP contribution in [-0.2, 0) is 5.41 Å². The van der Waals surface area contributed by atoms with Crippen LogP contribution in [0.15, 0.2) is 152 Å². The summed E-state index contributed by atoms with van der Waals surface area (Å²) in [7, 11) is 0. The summed E-state index contributed by atoms with van der Waals surface area (Å²) in [6, 6.07) is 58.4. The molecule has 7 aromatic carbocycles. The molecule has 57 heavy (non-hydrogen) atoms. The fraction of sp³-hybridized carbons (Fsp3) is 0.286. The van der Waals surface area contributed by atoms with Crippen LogP contribution < -0.4 is 4.90 Å². The highest BCUT2D eigenvalue weighted by molar-refractivity contribution is 5.97. The van der Waals surface area contributed by atoms with Gasteiger partial charge in [0.05, 0.1) is 0 Å². The van der Waals surface area contributed by atoms with Crippen molar-refractivity contribution in [3.8, 4) is 33.4 Å². The third-order valence-corrected chi connectivity index (χ3v) is 14.7. The molecule has 3 atom stereocenters. The van der Waals surface area contributed by atoms with E-state index in [1.54, 1.807) is 0 Å². The van der Waals surface area contributed by atoms with Crippen molar-refractivity contribution < 1.29 is 0 Å². The minimum atomic E-state index is -0.143. The first-order chi connectivity index (χ1) is 28.0. The smallest absolute Gasteiger partial charge is 0.0471 e. The number of benzene rings is 7. The first-order valence-electron chi connectivity index (χ1n) is 21.9. The predicted molar refractivity (Wildman–Crippen MR) is 241 cm³/mol. The van der Waals surface area contributed by atoms with E-state index in [4.69, 9.17) is 0 Å². The zero-order valence-electron chi connectivity index (χ0n) is 33.6. The lowest BCUT2D eigenvalue weighted by Crippen LogP contribution is -2.17. The van der Waals surface area contributed by atoms with E-state index in [1.807, 2.05) is 0 Å². The maximum absolute atomic E-state index is 2.55. The molecule has 0 heterocycles. The van der Waals surface area contributed by atoms with Gasteiger partial charge < -0.3 is 4.90 Å². The van der Waals surface area contributed by atoms with Crippen LogP contribution in [0.4, 0.5) is 17.1 Å². The minimum absolute atomic E-state index is 0.143. The number of rotatable bonds is 7. The highest BCUT2D eigenvalue weighted by atomic mass is 15.1. The van der Waals surface area contributed by atoms with Crippen LogP contribution >= 0.6 is 0 Å². The molecule has 3 fully saturated rings. The Labute approximate surface area is 339 Å². The quantitative estimate of drug-likeness (QED) is 0.157. The molecule has 282 valence electrons. The van der Waals surface area contributed by atoms with Crippen molar-refractivity contribution >= 4 is 27.8 Å². The van der Waals surface area contributed by atoms with E-state index < -0.39 is 0 Å². The summed E-state index contributed by atoms with van der Waals surface area (Å²) in [6.07, 6.45) is 12.4. The molecule has 1 heteroatoms. The van der Waals surface area contributed by atoms with Gasteiger partial charge in [-0.25, -0.2) is 0 Å². The van der Waals surface area contributed by atoms with Crippen molar-refractivity contribution in [3.63, 3.8) is 0 Å². The van der Waals surface area contributed by atoms with E-state index >= 15 is 0 Å². The van der Waals surface area contributed by atoms with Crippen LogP contribution in [0.1, 0.15) is 106 Å². The number of fused-ring (bicyclic) bond motifs is 6. The summed E-state index contributed by atoms with van der Waals surface area (Å²) < 4.78 is 0. The molecule has 0 amide bonds. The van der Waals surface area contributed by atoms with Crippen molar-refractivity contribution in [2.24, 2.45) is 11.8 Å². The fourth-order valence-corrected chi connectivity index (χ4v) is 11.7. The summed E-state index contributed by atoms with van der Waals surface area (Å²) in [6.45, 7) is 4.84. The van der Waals surface area contributed by atoms with Gasteiger partial charge in [0.25, 0.3) is 0 Å². The molecular formula is C56H53N. The highest BCUT2D eigenvalue weighted by Crippen LogP contribution is 2.56. The van der Waals surface area contributed by atoms with Crippen LogP contribution in [0.25, 0.3) is 44.2 Å². The monoisotopic (exact) mass is 739 g/mol. The second kappa shape index (κ2) is 13.9. The molecule has 11 rings (SSSR count). The van der Waals surface area contributed by atoms with E-state index in [2.05, 4.69) is 170 Å². The maximum atomic E-state index is 2.55. The molecule has 0 aromatic heterocycles. The Hall–Kier alpha value is -5.40. The first kappa shape index (κ1) is 34.8. The zero-order chi connectivity index (χ0) is 38.1. The molecule has 0 radical (unpaired) electrons. The van der Waals surface area contributed by atoms with E-state index in [9.17, 15) is 0 Å². The molecule has 0 spiro atoms. The Morgan fingerprint density at radius 3 is 1.95 bits per heavy atom. The van der Waals surface area contributed by atoms with Crippen molar-refractivity contribution in [2.75, 3.05) is 4.90 Å². The zero-order valence-corrected chi connectivity index (χ0v) is 33.6. The highest BCUT2D eigenvalue weighted by Gasteiger charge is 2.40. The standard InChI is InChI=1S/C56H53N/c1-56(2)53-16-10-9-15-50(53)55-52(43-22-19-40(20-23-43)38-11-5-3-6-12-38)35-49(36-54(55)56)57(47-28-26-42(27-29-47)51-32-37-17-18-45(51)31-37)48-30-25-41-21-24-44(33-46(41)34-48)39-13-7-4-8-14-39/h3,5-6,9-12,15-16,19-30,33-37,39,45,51H,4,7-8,13-14,17-18,31-32H2,1-2H3. The number of nitrogens with zero attached hydrogens (tertiary/aromatic N) is 1. The Balaban J connectivity index is 1.09. The van der Waals surface area contributed by atoms with Gasteiger partial charge in [-0.3, -0.25) is 0 Å². The van der Waals surface area contributed by atoms with Crippen LogP contribution in [0.3, 0.4) is 0 Å². The fourth-order valence-electron chi connectivity index (χ4n) is 11.7. The molecule has 3 saturated carbocycles. The van der Waals surface area contributed by atoms with Gasteiger partial charge in [-0.15, -0.1) is 0 Å². The lowest BCUT2D eigenvalue weighted by molar-refractivity contribution is 0.420. The van der Waals surface area contributed by atoms with Crippen LogP contribution in [0.5, 0.6) is 0 Å². The van der Waals surface area contributed by atoms with E-state index in [0.717, 1.165) is 17.8 Å². The topological polar surface area (TPSA) is 3.24 Å². The van der Waals surface area contributed by atoms with E-state index in [1.165, 1.54) is 141 Å². The SMILES string of the molecule is CC1(C)c2ccccc2-c2c(-c3ccc(-c4ccccc4)cc3)cc(N(c3ccc(C4CC5CCC4C5)cc3)c3ccc4ccc(C5CCCCC5)cc4c3)cc21. The van der Waals surface area contributed by atoms with Gasteiger partial charge >= 0.3 is 0 Å². The predicted octanol–water partition coefficient (Wildman–Crippen LogP) is 15.9. The van der Waals surface area contributed by atoms with Crippen LogP contribution in [-0.4, -0.2) is 0 Å². The van der Waals surface area contributed by atoms with Gasteiger partial charge in [0.2, 0.25) is 0 Å². The lowest BCUT2D eigenvalue weighted by Gasteiger charge is -2.30. The summed E-state index contributed by atoms with van der Waals surface area (Å²) in [5, 5.41) is 2.65. The first-order valence-corrected chi connectivity index (χ1v) is 21.9. The average Bonchev–Trinajstić information content (AvgIpc) is 3.97. The van der Waals surface area contributed by atoms with Gasteiger partial charge in [-0.2, -0.15) is 0 Å². The second-order valence-electron chi connectivity index (χ2n) is 18.4. The summed E-state index contributed by atoms with van der Waals surface area (Å²) in [4.78, 5) is 2.55. The summed E-state index contributed by atoms with van der Waals surface area (Å²) in [5.74, 6) is 3.20. The Bertz CT molecular complexity index is 2590. The molecule has 7 aromatic rings. The minimum Gasteiger partial charge on any atom is -0.310 e. The number of anilines is 3. The Morgan fingerprint density at radius 2 is 1.18 bits per heavy atom. The van der Waals surface area contributed by atoms with Gasteiger partial charge in [-0.1, -0.05) is 155 Å². The van der Waals surface area contributed by atoms with Crippen molar-refractivity contribution in [1.82, 2.24) is 0 Å². The second-order valence-corrected chi connectivity index (χ2v) is 18.4. The molecule has 2 bridgehead atoms. The summed E-state index contributed by atoms with van der Waals surface area (Å²) in [5.41, 5.74) is 17.1. The van der Waals surface area contributed by atoms with Gasteiger partial charge in [0, 0.05) is 22.5 Å². The number of hydrogen-bond acceptors (Lipinski definition) is 1. The molecule has 4 aliphatic rings. The third-order valence-electron chi connectivity index (χ3n) is 14.7. The van der Waals surface area contributed by atoms with Crippen molar-refractivity contribution in [2.45, 2.75) is 88.9 Å². The molecule has 0 saturated heterocycles. The molecule has 4 aliphatic carbocycles. The molecular weight excluding hydrogens is 687 g/mol. The number of hydrogen-bond donors (Lipinski definition) is 0. The van der Waals surface area contributed by atoms with Crippen molar-refractivity contribution in [1.29, 1.82) is 0 Å². The Morgan fingerprint density at radius 1 is 0.474 bits per heavy atom. The van der Waals surface area contributed by atoms with Gasteiger partial charge in [-0.05, 0) is 159 Å². The maximum Gasteiger partial charge on any atom is 0.0471 e.